The molecule has 1 atom stereocenters. The van der Waals surface area contributed by atoms with E-state index in [1.54, 1.807) is 18.2 Å². The zero-order valence-electron chi connectivity index (χ0n) is 9.03. The van der Waals surface area contributed by atoms with Crippen molar-refractivity contribution in [1.29, 1.82) is 0 Å². The number of hydrogen-bond donors (Lipinski definition) is 3. The smallest absolute Gasteiger partial charge is 0.253 e. The lowest BCUT2D eigenvalue weighted by atomic mass is 10.1. The van der Waals surface area contributed by atoms with Crippen LogP contribution >= 0.6 is 11.6 Å². The molecule has 0 fully saturated rings. The summed E-state index contributed by atoms with van der Waals surface area (Å²) < 4.78 is 0. The standard InChI is InChI=1S/C11H15ClN2O2/c1-7(6-15)5-14-11(16)8-3-2-4-9(12)10(8)13/h2-4,7,15H,5-6,13H2,1H3,(H,14,16). The molecule has 0 aliphatic carbocycles. The Morgan fingerprint density at radius 2 is 2.31 bits per heavy atom. The van der Waals surface area contributed by atoms with Gasteiger partial charge < -0.3 is 16.2 Å². The van der Waals surface area contributed by atoms with Crippen molar-refractivity contribution in [2.45, 2.75) is 6.92 Å². The SMILES string of the molecule is CC(CO)CNC(=O)c1cccc(Cl)c1N. The first-order valence-corrected chi connectivity index (χ1v) is 5.37. The Kier molecular flexibility index (Phi) is 4.58. The number of para-hydroxylation sites is 1. The predicted octanol–water partition coefficient (Wildman–Crippen LogP) is 1.28. The van der Waals surface area contributed by atoms with Gasteiger partial charge in [0.05, 0.1) is 16.3 Å². The number of halogens is 1. The van der Waals surface area contributed by atoms with Gasteiger partial charge in [-0.15, -0.1) is 0 Å². The van der Waals surface area contributed by atoms with Crippen molar-refractivity contribution in [3.63, 3.8) is 0 Å². The maximum atomic E-state index is 11.7. The van der Waals surface area contributed by atoms with E-state index < -0.39 is 0 Å². The lowest BCUT2D eigenvalue weighted by molar-refractivity contribution is 0.0943. The van der Waals surface area contributed by atoms with Gasteiger partial charge in [-0.2, -0.15) is 0 Å². The van der Waals surface area contributed by atoms with E-state index >= 15 is 0 Å². The van der Waals surface area contributed by atoms with Gasteiger partial charge in [0.1, 0.15) is 0 Å². The number of nitrogen functional groups attached to an aromatic ring is 1. The number of aliphatic hydroxyl groups excluding tert-OH is 1. The average molecular weight is 243 g/mol. The molecule has 16 heavy (non-hydrogen) atoms. The van der Waals surface area contributed by atoms with Gasteiger partial charge in [-0.25, -0.2) is 0 Å². The molecule has 4 N–H and O–H groups in total. The van der Waals surface area contributed by atoms with Crippen molar-refractivity contribution >= 4 is 23.2 Å². The summed E-state index contributed by atoms with van der Waals surface area (Å²) >= 11 is 5.80. The van der Waals surface area contributed by atoms with Gasteiger partial charge >= 0.3 is 0 Å². The maximum Gasteiger partial charge on any atom is 0.253 e. The molecule has 0 heterocycles. The molecule has 5 heteroatoms. The molecule has 0 spiro atoms. The quantitative estimate of drug-likeness (QED) is 0.697. The van der Waals surface area contributed by atoms with Gasteiger partial charge in [-0.05, 0) is 18.1 Å². The van der Waals surface area contributed by atoms with Gasteiger partial charge in [0.25, 0.3) is 5.91 Å². The van der Waals surface area contributed by atoms with Crippen molar-refractivity contribution in [2.24, 2.45) is 5.92 Å². The Morgan fingerprint density at radius 1 is 1.62 bits per heavy atom. The van der Waals surface area contributed by atoms with Crippen LogP contribution in [0.25, 0.3) is 0 Å². The van der Waals surface area contributed by atoms with E-state index in [1.165, 1.54) is 0 Å². The number of anilines is 1. The average Bonchev–Trinajstić information content (AvgIpc) is 2.29. The molecule has 0 bridgehead atoms. The highest BCUT2D eigenvalue weighted by molar-refractivity contribution is 6.33. The minimum Gasteiger partial charge on any atom is -0.397 e. The first-order chi connectivity index (χ1) is 7.56. The monoisotopic (exact) mass is 242 g/mol. The van der Waals surface area contributed by atoms with Crippen molar-refractivity contribution in [1.82, 2.24) is 5.32 Å². The van der Waals surface area contributed by atoms with Crippen LogP contribution in [0.1, 0.15) is 17.3 Å². The van der Waals surface area contributed by atoms with Gasteiger partial charge in [-0.1, -0.05) is 24.6 Å². The van der Waals surface area contributed by atoms with E-state index in [0.29, 0.717) is 17.1 Å². The number of carbonyl (C=O) groups excluding carboxylic acids is 1. The number of amides is 1. The molecule has 0 aliphatic rings. The predicted molar refractivity (Wildman–Crippen MR) is 64.4 cm³/mol. The molecule has 1 unspecified atom stereocenters. The molecule has 0 aliphatic heterocycles. The number of rotatable bonds is 4. The molecule has 1 rings (SSSR count). The molecular weight excluding hydrogens is 228 g/mol. The fraction of sp³-hybridized carbons (Fsp3) is 0.364. The molecule has 88 valence electrons. The Labute approximate surface area is 99.4 Å². The van der Waals surface area contributed by atoms with Crippen LogP contribution in [0, 0.1) is 5.92 Å². The van der Waals surface area contributed by atoms with Crippen molar-refractivity contribution in [3.8, 4) is 0 Å². The normalized spacial score (nSPS) is 12.2. The third kappa shape index (κ3) is 3.12. The van der Waals surface area contributed by atoms with E-state index in [2.05, 4.69) is 5.32 Å². The number of nitrogens with one attached hydrogen (secondary N) is 1. The summed E-state index contributed by atoms with van der Waals surface area (Å²) in [6, 6.07) is 4.91. The highest BCUT2D eigenvalue weighted by Crippen LogP contribution is 2.22. The van der Waals surface area contributed by atoms with E-state index in [0.717, 1.165) is 0 Å². The lowest BCUT2D eigenvalue weighted by Crippen LogP contribution is -2.30. The second-order valence-corrected chi connectivity index (χ2v) is 4.11. The molecule has 0 radical (unpaired) electrons. The summed E-state index contributed by atoms with van der Waals surface area (Å²) in [6.07, 6.45) is 0. The van der Waals surface area contributed by atoms with Crippen molar-refractivity contribution < 1.29 is 9.90 Å². The summed E-state index contributed by atoms with van der Waals surface area (Å²) in [7, 11) is 0. The minimum atomic E-state index is -0.277. The van der Waals surface area contributed by atoms with Crippen LogP contribution in [0.3, 0.4) is 0 Å². The Bertz CT molecular complexity index is 382. The van der Waals surface area contributed by atoms with E-state index in [-0.39, 0.29) is 24.1 Å². The topological polar surface area (TPSA) is 75.3 Å². The van der Waals surface area contributed by atoms with Gasteiger partial charge in [0, 0.05) is 13.2 Å². The number of hydrogen-bond acceptors (Lipinski definition) is 3. The van der Waals surface area contributed by atoms with Crippen molar-refractivity contribution in [2.75, 3.05) is 18.9 Å². The van der Waals surface area contributed by atoms with Crippen LogP contribution in [0.2, 0.25) is 5.02 Å². The highest BCUT2D eigenvalue weighted by Gasteiger charge is 2.12. The molecule has 0 saturated carbocycles. The third-order valence-corrected chi connectivity index (χ3v) is 2.55. The van der Waals surface area contributed by atoms with Crippen LogP contribution in [0.5, 0.6) is 0 Å². The largest absolute Gasteiger partial charge is 0.397 e. The zero-order valence-corrected chi connectivity index (χ0v) is 9.79. The van der Waals surface area contributed by atoms with Crippen LogP contribution in [0.4, 0.5) is 5.69 Å². The van der Waals surface area contributed by atoms with Crippen LogP contribution in [0.15, 0.2) is 18.2 Å². The fourth-order valence-corrected chi connectivity index (χ4v) is 1.34. The number of benzene rings is 1. The zero-order chi connectivity index (χ0) is 12.1. The minimum absolute atomic E-state index is 0.0179. The lowest BCUT2D eigenvalue weighted by Gasteiger charge is -2.11. The molecule has 1 amide bonds. The molecule has 1 aromatic carbocycles. The summed E-state index contributed by atoms with van der Waals surface area (Å²) in [6.45, 7) is 2.27. The van der Waals surface area contributed by atoms with E-state index in [1.807, 2.05) is 6.92 Å². The highest BCUT2D eigenvalue weighted by atomic mass is 35.5. The third-order valence-electron chi connectivity index (χ3n) is 2.22. The summed E-state index contributed by atoms with van der Waals surface area (Å²) in [5, 5.41) is 11.9. The van der Waals surface area contributed by atoms with E-state index in [9.17, 15) is 4.79 Å². The van der Waals surface area contributed by atoms with Crippen LogP contribution < -0.4 is 11.1 Å². The Balaban J connectivity index is 2.70. The first-order valence-electron chi connectivity index (χ1n) is 4.99. The first kappa shape index (κ1) is 12.8. The molecule has 1 aromatic rings. The summed E-state index contributed by atoms with van der Waals surface area (Å²) in [4.78, 5) is 11.7. The molecule has 0 saturated heterocycles. The van der Waals surface area contributed by atoms with Crippen molar-refractivity contribution in [3.05, 3.63) is 28.8 Å². The second kappa shape index (κ2) is 5.72. The van der Waals surface area contributed by atoms with Gasteiger partial charge in [0.2, 0.25) is 0 Å². The van der Waals surface area contributed by atoms with Crippen LogP contribution in [-0.2, 0) is 0 Å². The Hall–Kier alpha value is -1.26. The molecule has 0 aromatic heterocycles. The van der Waals surface area contributed by atoms with E-state index in [4.69, 9.17) is 22.4 Å². The second-order valence-electron chi connectivity index (χ2n) is 3.70. The number of aliphatic hydroxyl groups is 1. The summed E-state index contributed by atoms with van der Waals surface area (Å²) in [5.74, 6) is -0.260. The summed E-state index contributed by atoms with van der Waals surface area (Å²) in [5.41, 5.74) is 6.32. The van der Waals surface area contributed by atoms with Gasteiger partial charge in [-0.3, -0.25) is 4.79 Å². The molecular formula is C11H15ClN2O2. The number of carbonyl (C=O) groups is 1. The van der Waals surface area contributed by atoms with Crippen LogP contribution in [-0.4, -0.2) is 24.2 Å². The molecule has 4 nitrogen and oxygen atoms in total. The fourth-order valence-electron chi connectivity index (χ4n) is 1.16. The maximum absolute atomic E-state index is 11.7. The Morgan fingerprint density at radius 3 is 2.94 bits per heavy atom. The van der Waals surface area contributed by atoms with Gasteiger partial charge in [0.15, 0.2) is 0 Å². The number of nitrogens with two attached hydrogens (primary N) is 1.